The largest absolute Gasteiger partial charge is 0.399 e. The van der Waals surface area contributed by atoms with E-state index in [-0.39, 0.29) is 0 Å². The number of nitrogens with two attached hydrogens (primary N) is 1. The minimum Gasteiger partial charge on any atom is -0.399 e. The van der Waals surface area contributed by atoms with Crippen molar-refractivity contribution in [2.75, 3.05) is 5.73 Å². The van der Waals surface area contributed by atoms with Crippen LogP contribution in [0.3, 0.4) is 0 Å². The molecule has 2 N–H and O–H groups in total. The first-order valence-electron chi connectivity index (χ1n) is 6.10. The number of thioether (sulfide) groups is 1. The highest BCUT2D eigenvalue weighted by molar-refractivity contribution is 7.98. The van der Waals surface area contributed by atoms with E-state index >= 15 is 0 Å². The van der Waals surface area contributed by atoms with E-state index in [9.17, 15) is 0 Å². The molecule has 1 aromatic heterocycles. The van der Waals surface area contributed by atoms with Gasteiger partial charge in [0.05, 0.1) is 5.52 Å². The molecule has 0 bridgehead atoms. The van der Waals surface area contributed by atoms with Gasteiger partial charge in [-0.1, -0.05) is 29.8 Å². The molecule has 20 heavy (non-hydrogen) atoms. The molecule has 0 amide bonds. The lowest BCUT2D eigenvalue weighted by Crippen LogP contribution is -1.90. The summed E-state index contributed by atoms with van der Waals surface area (Å²) in [5.74, 6) is 0.774. The van der Waals surface area contributed by atoms with Crippen LogP contribution in [0, 0.1) is 0 Å². The van der Waals surface area contributed by atoms with Crippen molar-refractivity contribution in [3.05, 3.63) is 59.4 Å². The molecule has 5 heteroatoms. The SMILES string of the molecule is Nc1ccc2c(SCc3ccccc3Cl)ncnc2c1. The number of nitrogens with zero attached hydrogens (tertiary/aromatic N) is 2. The average Bonchev–Trinajstić information content (AvgIpc) is 2.46. The number of fused-ring (bicyclic) bond motifs is 1. The molecule has 1 heterocycles. The Balaban J connectivity index is 1.90. The molecule has 3 aromatic rings. The molecule has 0 unspecified atom stereocenters. The molecular weight excluding hydrogens is 290 g/mol. The van der Waals surface area contributed by atoms with Crippen LogP contribution in [0.1, 0.15) is 5.56 Å². The first-order chi connectivity index (χ1) is 9.74. The van der Waals surface area contributed by atoms with Gasteiger partial charge in [-0.3, -0.25) is 0 Å². The van der Waals surface area contributed by atoms with Crippen LogP contribution in [0.2, 0.25) is 5.02 Å². The first kappa shape index (κ1) is 13.2. The van der Waals surface area contributed by atoms with Crippen LogP contribution in [0.25, 0.3) is 10.9 Å². The summed E-state index contributed by atoms with van der Waals surface area (Å²) in [5.41, 5.74) is 8.44. The molecule has 3 rings (SSSR count). The zero-order chi connectivity index (χ0) is 13.9. The zero-order valence-corrected chi connectivity index (χ0v) is 12.2. The summed E-state index contributed by atoms with van der Waals surface area (Å²) in [6.45, 7) is 0. The quantitative estimate of drug-likeness (QED) is 0.448. The number of anilines is 1. The van der Waals surface area contributed by atoms with Crippen molar-refractivity contribution in [3.8, 4) is 0 Å². The summed E-state index contributed by atoms with van der Waals surface area (Å²) in [6.07, 6.45) is 1.57. The van der Waals surface area contributed by atoms with E-state index in [4.69, 9.17) is 17.3 Å². The second-order valence-corrected chi connectivity index (χ2v) is 5.71. The molecule has 0 spiro atoms. The standard InChI is InChI=1S/C15H12ClN3S/c16-13-4-2-1-3-10(13)8-20-15-12-6-5-11(17)7-14(12)18-9-19-15/h1-7,9H,8,17H2. The van der Waals surface area contributed by atoms with E-state index in [1.54, 1.807) is 18.1 Å². The Labute approximate surface area is 126 Å². The lowest BCUT2D eigenvalue weighted by Gasteiger charge is -2.06. The van der Waals surface area contributed by atoms with Crippen LogP contribution in [0.4, 0.5) is 5.69 Å². The van der Waals surface area contributed by atoms with Crippen molar-refractivity contribution in [2.24, 2.45) is 0 Å². The van der Waals surface area contributed by atoms with Crippen LogP contribution in [0.15, 0.2) is 53.8 Å². The minimum absolute atomic E-state index is 0.707. The van der Waals surface area contributed by atoms with Crippen molar-refractivity contribution in [1.29, 1.82) is 0 Å². The van der Waals surface area contributed by atoms with Crippen LogP contribution in [-0.4, -0.2) is 9.97 Å². The van der Waals surface area contributed by atoms with Crippen LogP contribution in [0.5, 0.6) is 0 Å². The van der Waals surface area contributed by atoms with Crippen molar-refractivity contribution < 1.29 is 0 Å². The Morgan fingerprint density at radius 3 is 2.80 bits per heavy atom. The lowest BCUT2D eigenvalue weighted by atomic mass is 10.2. The maximum absolute atomic E-state index is 6.17. The number of hydrogen-bond acceptors (Lipinski definition) is 4. The van der Waals surface area contributed by atoms with Gasteiger partial charge in [-0.25, -0.2) is 9.97 Å². The van der Waals surface area contributed by atoms with E-state index in [1.807, 2.05) is 42.5 Å². The number of nitrogen functional groups attached to an aromatic ring is 1. The molecule has 0 radical (unpaired) electrons. The molecule has 0 saturated carbocycles. The number of halogens is 1. The minimum atomic E-state index is 0.707. The number of hydrogen-bond donors (Lipinski definition) is 1. The summed E-state index contributed by atoms with van der Waals surface area (Å²) in [5, 5.41) is 2.73. The maximum Gasteiger partial charge on any atom is 0.117 e. The first-order valence-corrected chi connectivity index (χ1v) is 7.47. The molecule has 3 nitrogen and oxygen atoms in total. The Morgan fingerprint density at radius 1 is 1.10 bits per heavy atom. The Bertz CT molecular complexity index is 761. The fraction of sp³-hybridized carbons (Fsp3) is 0.0667. The normalized spacial score (nSPS) is 10.8. The molecule has 0 fully saturated rings. The molecule has 2 aromatic carbocycles. The third-order valence-corrected chi connectivity index (χ3v) is 4.37. The van der Waals surface area contributed by atoms with Gasteiger partial charge in [0, 0.05) is 21.8 Å². The van der Waals surface area contributed by atoms with Crippen molar-refractivity contribution in [3.63, 3.8) is 0 Å². The van der Waals surface area contributed by atoms with E-state index in [0.717, 1.165) is 32.3 Å². The summed E-state index contributed by atoms with van der Waals surface area (Å²) in [7, 11) is 0. The second-order valence-electron chi connectivity index (χ2n) is 4.34. The molecule has 0 aliphatic carbocycles. The van der Waals surface area contributed by atoms with Gasteiger partial charge in [-0.15, -0.1) is 11.8 Å². The topological polar surface area (TPSA) is 51.8 Å². The summed E-state index contributed by atoms with van der Waals surface area (Å²) in [6, 6.07) is 13.5. The second kappa shape index (κ2) is 5.69. The Kier molecular flexibility index (Phi) is 3.76. The Hall–Kier alpha value is -1.78. The zero-order valence-electron chi connectivity index (χ0n) is 10.6. The number of benzene rings is 2. The molecule has 100 valence electrons. The highest BCUT2D eigenvalue weighted by Gasteiger charge is 2.06. The third kappa shape index (κ3) is 2.71. The van der Waals surface area contributed by atoms with Gasteiger partial charge < -0.3 is 5.73 Å². The van der Waals surface area contributed by atoms with Gasteiger partial charge in [-0.2, -0.15) is 0 Å². The van der Waals surface area contributed by atoms with Crippen LogP contribution in [-0.2, 0) is 5.75 Å². The number of rotatable bonds is 3. The maximum atomic E-state index is 6.17. The summed E-state index contributed by atoms with van der Waals surface area (Å²) >= 11 is 7.81. The molecule has 0 atom stereocenters. The third-order valence-electron chi connectivity index (χ3n) is 2.95. The highest BCUT2D eigenvalue weighted by Crippen LogP contribution is 2.30. The average molecular weight is 302 g/mol. The predicted molar refractivity (Wildman–Crippen MR) is 85.0 cm³/mol. The lowest BCUT2D eigenvalue weighted by molar-refractivity contribution is 1.10. The van der Waals surface area contributed by atoms with E-state index in [0.29, 0.717) is 5.69 Å². The van der Waals surface area contributed by atoms with Crippen molar-refractivity contribution >= 4 is 40.0 Å². The molecular formula is C15H12ClN3S. The van der Waals surface area contributed by atoms with E-state index < -0.39 is 0 Å². The molecule has 0 aliphatic rings. The fourth-order valence-corrected chi connectivity index (χ4v) is 3.20. The fourth-order valence-electron chi connectivity index (χ4n) is 1.93. The summed E-state index contributed by atoms with van der Waals surface area (Å²) < 4.78 is 0. The molecule has 0 aliphatic heterocycles. The van der Waals surface area contributed by atoms with E-state index in [1.165, 1.54) is 0 Å². The van der Waals surface area contributed by atoms with Gasteiger partial charge in [-0.05, 0) is 29.8 Å². The van der Waals surface area contributed by atoms with Crippen molar-refractivity contribution in [2.45, 2.75) is 10.8 Å². The smallest absolute Gasteiger partial charge is 0.117 e. The van der Waals surface area contributed by atoms with Gasteiger partial charge in [0.25, 0.3) is 0 Å². The monoisotopic (exact) mass is 301 g/mol. The van der Waals surface area contributed by atoms with Crippen LogP contribution < -0.4 is 5.73 Å². The number of aromatic nitrogens is 2. The Morgan fingerprint density at radius 2 is 1.95 bits per heavy atom. The van der Waals surface area contributed by atoms with Gasteiger partial charge in [0.15, 0.2) is 0 Å². The van der Waals surface area contributed by atoms with Crippen LogP contribution >= 0.6 is 23.4 Å². The predicted octanol–water partition coefficient (Wildman–Crippen LogP) is 4.16. The van der Waals surface area contributed by atoms with E-state index in [2.05, 4.69) is 9.97 Å². The highest BCUT2D eigenvalue weighted by atomic mass is 35.5. The van der Waals surface area contributed by atoms with Gasteiger partial charge >= 0.3 is 0 Å². The van der Waals surface area contributed by atoms with Gasteiger partial charge in [0.2, 0.25) is 0 Å². The van der Waals surface area contributed by atoms with Gasteiger partial charge in [0.1, 0.15) is 11.4 Å². The van der Waals surface area contributed by atoms with Crippen molar-refractivity contribution in [1.82, 2.24) is 9.97 Å². The molecule has 0 saturated heterocycles. The summed E-state index contributed by atoms with van der Waals surface area (Å²) in [4.78, 5) is 8.59.